The molecule has 25 heavy (non-hydrogen) atoms. The number of imidazole rings is 1. The van der Waals surface area contributed by atoms with Crippen molar-refractivity contribution in [2.75, 3.05) is 7.11 Å². The van der Waals surface area contributed by atoms with Crippen LogP contribution in [0.15, 0.2) is 12.7 Å². The minimum Gasteiger partial charge on any atom is -0.344 e. The molecular weight excluding hydrogens is 358 g/mol. The van der Waals surface area contributed by atoms with Gasteiger partial charge in [0.25, 0.3) is 0 Å². The lowest BCUT2D eigenvalue weighted by Crippen LogP contribution is -2.38. The molecule has 1 saturated heterocycles. The number of alkyl halides is 2. The van der Waals surface area contributed by atoms with Crippen molar-refractivity contribution >= 4 is 22.8 Å². The molecule has 2 aliphatic rings. The standard InChI is InChI=1S/C15H17ClF2N4O3/c1-14(2)24-10-7(15(17,18)23-3)4-8(11(10)25-14)22-6-21-9-12(16)19-5-20-13(9)22/h5-8,10-11H,4H2,1-3H3/t7-,8-,10-,11+/m1/s1. The van der Waals surface area contributed by atoms with Gasteiger partial charge < -0.3 is 18.8 Å². The Morgan fingerprint density at radius 2 is 2.00 bits per heavy atom. The second kappa shape index (κ2) is 5.54. The number of methoxy groups -OCH3 is 1. The molecule has 7 nitrogen and oxygen atoms in total. The van der Waals surface area contributed by atoms with Crippen LogP contribution >= 0.6 is 11.6 Å². The van der Waals surface area contributed by atoms with Crippen molar-refractivity contribution in [1.82, 2.24) is 19.5 Å². The Balaban J connectivity index is 1.78. The van der Waals surface area contributed by atoms with Crippen LogP contribution in [0, 0.1) is 5.92 Å². The maximum atomic E-state index is 14.3. The molecule has 136 valence electrons. The summed E-state index contributed by atoms with van der Waals surface area (Å²) >= 11 is 6.03. The summed E-state index contributed by atoms with van der Waals surface area (Å²) in [7, 11) is 0.989. The van der Waals surface area contributed by atoms with Gasteiger partial charge >= 0.3 is 6.11 Å². The number of rotatable bonds is 3. The van der Waals surface area contributed by atoms with Gasteiger partial charge in [0.15, 0.2) is 16.6 Å². The van der Waals surface area contributed by atoms with E-state index < -0.39 is 36.1 Å². The van der Waals surface area contributed by atoms with Gasteiger partial charge in [-0.2, -0.15) is 8.78 Å². The molecule has 4 rings (SSSR count). The van der Waals surface area contributed by atoms with Crippen LogP contribution in [0.5, 0.6) is 0 Å². The first-order chi connectivity index (χ1) is 11.7. The second-order valence-electron chi connectivity index (χ2n) is 6.73. The third-order valence-corrected chi connectivity index (χ3v) is 5.09. The quantitative estimate of drug-likeness (QED) is 0.769. The Morgan fingerprint density at radius 1 is 1.28 bits per heavy atom. The number of aromatic nitrogens is 4. The van der Waals surface area contributed by atoms with E-state index in [2.05, 4.69) is 19.7 Å². The van der Waals surface area contributed by atoms with Gasteiger partial charge in [0, 0.05) is 7.11 Å². The number of halogens is 3. The van der Waals surface area contributed by atoms with E-state index in [9.17, 15) is 8.78 Å². The van der Waals surface area contributed by atoms with E-state index in [1.165, 1.54) is 12.7 Å². The molecule has 10 heteroatoms. The zero-order chi connectivity index (χ0) is 18.0. The molecule has 2 aromatic rings. The molecule has 0 amide bonds. The highest BCUT2D eigenvalue weighted by molar-refractivity contribution is 6.33. The Kier molecular flexibility index (Phi) is 3.77. The van der Waals surface area contributed by atoms with Gasteiger partial charge in [-0.15, -0.1) is 0 Å². The fraction of sp³-hybridized carbons (Fsp3) is 0.667. The van der Waals surface area contributed by atoms with E-state index >= 15 is 0 Å². The maximum absolute atomic E-state index is 14.3. The van der Waals surface area contributed by atoms with Gasteiger partial charge in [-0.25, -0.2) is 15.0 Å². The van der Waals surface area contributed by atoms with Crippen LogP contribution in [0.3, 0.4) is 0 Å². The SMILES string of the molecule is COC(F)(F)[C@@H]1C[C@@H](n2cnc3c(Cl)ncnc32)[C@@H]2OC(C)(C)O[C@@H]21. The molecule has 0 N–H and O–H groups in total. The van der Waals surface area contributed by atoms with Crippen LogP contribution in [0.1, 0.15) is 26.3 Å². The average Bonchev–Trinajstić information content (AvgIpc) is 3.18. The van der Waals surface area contributed by atoms with E-state index in [-0.39, 0.29) is 11.6 Å². The van der Waals surface area contributed by atoms with Crippen molar-refractivity contribution in [2.24, 2.45) is 5.92 Å². The minimum absolute atomic E-state index is 0.0966. The van der Waals surface area contributed by atoms with Crippen LogP contribution in [-0.2, 0) is 14.2 Å². The average molecular weight is 375 g/mol. The molecule has 0 aromatic carbocycles. The van der Waals surface area contributed by atoms with Gasteiger partial charge in [-0.3, -0.25) is 0 Å². The minimum atomic E-state index is -3.33. The Bertz CT molecular complexity index is 815. The Hall–Kier alpha value is -1.42. The van der Waals surface area contributed by atoms with Crippen molar-refractivity contribution in [3.05, 3.63) is 17.8 Å². The fourth-order valence-corrected chi connectivity index (χ4v) is 3.95. The Labute approximate surface area is 147 Å². The lowest BCUT2D eigenvalue weighted by Gasteiger charge is -2.27. The van der Waals surface area contributed by atoms with Crippen molar-refractivity contribution in [1.29, 1.82) is 0 Å². The summed E-state index contributed by atoms with van der Waals surface area (Å²) in [6, 6.07) is -0.436. The summed E-state index contributed by atoms with van der Waals surface area (Å²) in [5, 5.41) is 0.209. The van der Waals surface area contributed by atoms with Crippen LogP contribution in [0.25, 0.3) is 11.2 Å². The smallest absolute Gasteiger partial charge is 0.344 e. The van der Waals surface area contributed by atoms with Gasteiger partial charge in [-0.1, -0.05) is 11.6 Å². The van der Waals surface area contributed by atoms with E-state index in [0.29, 0.717) is 11.2 Å². The number of fused-ring (bicyclic) bond motifs is 2. The van der Waals surface area contributed by atoms with E-state index in [0.717, 1.165) is 7.11 Å². The third-order valence-electron chi connectivity index (χ3n) is 4.81. The first-order valence-electron chi connectivity index (χ1n) is 7.85. The van der Waals surface area contributed by atoms with Crippen LogP contribution in [0.4, 0.5) is 8.78 Å². The molecule has 3 heterocycles. The first-order valence-corrected chi connectivity index (χ1v) is 8.23. The van der Waals surface area contributed by atoms with Gasteiger partial charge in [0.05, 0.1) is 18.3 Å². The van der Waals surface area contributed by atoms with Crippen molar-refractivity contribution in [2.45, 2.75) is 50.4 Å². The second-order valence-corrected chi connectivity index (χ2v) is 7.09. The predicted octanol–water partition coefficient (Wildman–Crippen LogP) is 2.80. The number of hydrogen-bond acceptors (Lipinski definition) is 6. The molecule has 0 radical (unpaired) electrons. The predicted molar refractivity (Wildman–Crippen MR) is 83.3 cm³/mol. The summed E-state index contributed by atoms with van der Waals surface area (Å²) in [5.74, 6) is -2.11. The summed E-state index contributed by atoms with van der Waals surface area (Å²) < 4.78 is 46.4. The van der Waals surface area contributed by atoms with E-state index in [1.54, 1.807) is 18.4 Å². The lowest BCUT2D eigenvalue weighted by molar-refractivity contribution is -0.276. The monoisotopic (exact) mass is 374 g/mol. The number of nitrogens with zero attached hydrogens (tertiary/aromatic N) is 4. The largest absolute Gasteiger partial charge is 0.360 e. The fourth-order valence-electron chi connectivity index (χ4n) is 3.77. The van der Waals surface area contributed by atoms with Gasteiger partial charge in [0.2, 0.25) is 0 Å². The topological polar surface area (TPSA) is 71.3 Å². The van der Waals surface area contributed by atoms with Crippen molar-refractivity contribution in [3.63, 3.8) is 0 Å². The van der Waals surface area contributed by atoms with Crippen molar-refractivity contribution < 1.29 is 23.0 Å². The number of hydrogen-bond donors (Lipinski definition) is 0. The van der Waals surface area contributed by atoms with Gasteiger partial charge in [-0.05, 0) is 20.3 Å². The summed E-state index contributed by atoms with van der Waals surface area (Å²) in [6.45, 7) is 3.41. The van der Waals surface area contributed by atoms with Crippen LogP contribution < -0.4 is 0 Å². The molecule has 2 fully saturated rings. The molecule has 1 aliphatic heterocycles. The highest BCUT2D eigenvalue weighted by Crippen LogP contribution is 2.52. The molecular formula is C15H17ClF2N4O3. The summed E-state index contributed by atoms with van der Waals surface area (Å²) in [6.07, 6.45) is -1.78. The normalized spacial score (nSPS) is 31.6. The molecule has 4 atom stereocenters. The molecule has 0 unspecified atom stereocenters. The lowest BCUT2D eigenvalue weighted by atomic mass is 10.0. The third kappa shape index (κ3) is 2.61. The molecule has 0 bridgehead atoms. The summed E-state index contributed by atoms with van der Waals surface area (Å²) in [5.41, 5.74) is 0.888. The molecule has 1 saturated carbocycles. The Morgan fingerprint density at radius 3 is 2.72 bits per heavy atom. The van der Waals surface area contributed by atoms with E-state index in [4.69, 9.17) is 21.1 Å². The molecule has 2 aromatic heterocycles. The van der Waals surface area contributed by atoms with E-state index in [1.807, 2.05) is 0 Å². The zero-order valence-corrected chi connectivity index (χ0v) is 14.6. The molecule has 0 spiro atoms. The molecule has 1 aliphatic carbocycles. The first kappa shape index (κ1) is 17.0. The highest BCUT2D eigenvalue weighted by Gasteiger charge is 2.62. The van der Waals surface area contributed by atoms with Crippen molar-refractivity contribution in [3.8, 4) is 0 Å². The van der Waals surface area contributed by atoms with Crippen LogP contribution in [-0.4, -0.2) is 50.7 Å². The highest BCUT2D eigenvalue weighted by atomic mass is 35.5. The van der Waals surface area contributed by atoms with Gasteiger partial charge in [0.1, 0.15) is 24.1 Å². The van der Waals surface area contributed by atoms with Crippen LogP contribution in [0.2, 0.25) is 5.15 Å². The maximum Gasteiger partial charge on any atom is 0.360 e. The summed E-state index contributed by atoms with van der Waals surface area (Å²) in [4.78, 5) is 12.3. The zero-order valence-electron chi connectivity index (χ0n) is 13.8. The number of ether oxygens (including phenoxy) is 3.